The lowest BCUT2D eigenvalue weighted by atomic mass is 9.66. The Labute approximate surface area is 162 Å². The minimum absolute atomic E-state index is 0.00150. The summed E-state index contributed by atoms with van der Waals surface area (Å²) in [5, 5.41) is 0. The van der Waals surface area contributed by atoms with E-state index in [4.69, 9.17) is 9.13 Å². The first-order valence-corrected chi connectivity index (χ1v) is 10.9. The minimum Gasteiger partial charge on any atom is -0.381 e. The predicted octanol–water partition coefficient (Wildman–Crippen LogP) is 5.08. The van der Waals surface area contributed by atoms with Gasteiger partial charge in [-0.3, -0.25) is 0 Å². The van der Waals surface area contributed by atoms with E-state index in [-0.39, 0.29) is 10.2 Å². The molecule has 3 nitrogen and oxygen atoms in total. The molecule has 25 heavy (non-hydrogen) atoms. The van der Waals surface area contributed by atoms with E-state index < -0.39 is 11.0 Å². The van der Waals surface area contributed by atoms with Crippen molar-refractivity contribution in [3.8, 4) is 0 Å². The van der Waals surface area contributed by atoms with E-state index in [0.29, 0.717) is 12.0 Å². The Balaban J connectivity index is 2.07. The van der Waals surface area contributed by atoms with Crippen LogP contribution in [0.25, 0.3) is 0 Å². The zero-order valence-corrected chi connectivity index (χ0v) is 18.2. The zero-order valence-electron chi connectivity index (χ0n) is 15.8. The number of halogens is 1. The molecule has 0 bridgehead atoms. The molecule has 0 aromatic heterocycles. The van der Waals surface area contributed by atoms with Gasteiger partial charge in [-0.2, -0.15) is 4.40 Å². The van der Waals surface area contributed by atoms with Crippen molar-refractivity contribution < 1.29 is 8.95 Å². The van der Waals surface area contributed by atoms with E-state index in [1.54, 1.807) is 0 Å². The standard InChI is InChI=1S/C20H28BrNO2S/c1-13-11-20(9-8-17(13)24-5)12-14-6-7-15(21)10-16(14)18(20)22-25(23)19(2,3)4/h6-7,10,13,17H,8-9,11-12H2,1-5H3/b22-18+/t13-,17-,20-,25-/m0/s1. The summed E-state index contributed by atoms with van der Waals surface area (Å²) in [6, 6.07) is 6.44. The van der Waals surface area contributed by atoms with Crippen LogP contribution < -0.4 is 0 Å². The highest BCUT2D eigenvalue weighted by Crippen LogP contribution is 2.50. The summed E-state index contributed by atoms with van der Waals surface area (Å²) in [7, 11) is 0.560. The lowest BCUT2D eigenvalue weighted by Crippen LogP contribution is -2.41. The smallest absolute Gasteiger partial charge is 0.145 e. The van der Waals surface area contributed by atoms with Gasteiger partial charge in [0.05, 0.1) is 16.6 Å². The van der Waals surface area contributed by atoms with Crippen molar-refractivity contribution >= 4 is 32.6 Å². The van der Waals surface area contributed by atoms with Crippen LogP contribution in [0.15, 0.2) is 27.1 Å². The summed E-state index contributed by atoms with van der Waals surface area (Å²) < 4.78 is 24.0. The molecule has 1 aromatic rings. The van der Waals surface area contributed by atoms with Crippen LogP contribution in [0.3, 0.4) is 0 Å². The molecule has 0 unspecified atom stereocenters. The summed E-state index contributed by atoms with van der Waals surface area (Å²) in [5.41, 5.74) is 3.56. The number of hydrogen-bond acceptors (Lipinski definition) is 2. The molecule has 1 spiro atoms. The molecular formula is C20H28BrNO2S. The molecule has 1 aromatic carbocycles. The van der Waals surface area contributed by atoms with Crippen molar-refractivity contribution in [2.75, 3.05) is 7.11 Å². The largest absolute Gasteiger partial charge is 0.381 e. The Morgan fingerprint density at radius 3 is 2.68 bits per heavy atom. The maximum absolute atomic E-state index is 12.8. The maximum atomic E-state index is 12.8. The Hall–Kier alpha value is -0.520. The minimum atomic E-state index is -1.25. The van der Waals surface area contributed by atoms with E-state index in [1.807, 2.05) is 27.9 Å². The van der Waals surface area contributed by atoms with Crippen molar-refractivity contribution in [2.24, 2.45) is 15.7 Å². The number of nitrogens with zero attached hydrogens (tertiary/aromatic N) is 1. The normalized spacial score (nSPS) is 32.2. The van der Waals surface area contributed by atoms with Gasteiger partial charge in [-0.15, -0.1) is 0 Å². The molecule has 0 amide bonds. The van der Waals surface area contributed by atoms with E-state index >= 15 is 0 Å². The molecule has 0 N–H and O–H groups in total. The fraction of sp³-hybridized carbons (Fsp3) is 0.650. The first-order valence-electron chi connectivity index (χ1n) is 8.99. The van der Waals surface area contributed by atoms with Gasteiger partial charge in [-0.25, -0.2) is 4.21 Å². The molecular weight excluding hydrogens is 398 g/mol. The van der Waals surface area contributed by atoms with Crippen molar-refractivity contribution in [3.63, 3.8) is 0 Å². The zero-order chi connectivity index (χ0) is 18.4. The van der Waals surface area contributed by atoms with E-state index in [2.05, 4.69) is 41.1 Å². The first-order chi connectivity index (χ1) is 11.7. The molecule has 4 atom stereocenters. The van der Waals surface area contributed by atoms with Crippen molar-refractivity contribution in [2.45, 2.75) is 64.2 Å². The quantitative estimate of drug-likeness (QED) is 0.662. The number of benzene rings is 1. The maximum Gasteiger partial charge on any atom is 0.145 e. The molecule has 5 heteroatoms. The Bertz CT molecular complexity index is 725. The van der Waals surface area contributed by atoms with Crippen LogP contribution in [0.1, 0.15) is 58.1 Å². The average molecular weight is 426 g/mol. The van der Waals surface area contributed by atoms with Gasteiger partial charge in [-0.05, 0) is 70.1 Å². The van der Waals surface area contributed by atoms with Gasteiger partial charge in [0.1, 0.15) is 11.0 Å². The summed E-state index contributed by atoms with van der Waals surface area (Å²) >= 11 is 3.59. The van der Waals surface area contributed by atoms with Crippen molar-refractivity contribution in [1.29, 1.82) is 0 Å². The Kier molecular flexibility index (Phi) is 5.31. The van der Waals surface area contributed by atoms with E-state index in [9.17, 15) is 4.21 Å². The van der Waals surface area contributed by atoms with Crippen LogP contribution in [0, 0.1) is 11.3 Å². The number of hydrogen-bond donors (Lipinski definition) is 0. The third kappa shape index (κ3) is 3.65. The lowest BCUT2D eigenvalue weighted by molar-refractivity contribution is 0.00486. The number of rotatable bonds is 2. The molecule has 0 saturated heterocycles. The van der Waals surface area contributed by atoms with Gasteiger partial charge in [0.2, 0.25) is 0 Å². The number of methoxy groups -OCH3 is 1. The number of fused-ring (bicyclic) bond motifs is 1. The molecule has 3 rings (SSSR count). The predicted molar refractivity (Wildman–Crippen MR) is 109 cm³/mol. The highest BCUT2D eigenvalue weighted by Gasteiger charge is 2.48. The summed E-state index contributed by atoms with van der Waals surface area (Å²) in [6.07, 6.45) is 4.43. The van der Waals surface area contributed by atoms with Gasteiger partial charge in [0.25, 0.3) is 0 Å². The summed E-state index contributed by atoms with van der Waals surface area (Å²) in [5.74, 6) is 0.477. The summed E-state index contributed by atoms with van der Waals surface area (Å²) in [4.78, 5) is 0. The van der Waals surface area contributed by atoms with E-state index in [0.717, 1.165) is 35.9 Å². The van der Waals surface area contributed by atoms with Crippen LogP contribution >= 0.6 is 15.9 Å². The second-order valence-corrected chi connectivity index (χ2v) is 11.4. The second-order valence-electron chi connectivity index (χ2n) is 8.55. The molecule has 0 radical (unpaired) electrons. The second kappa shape index (κ2) is 6.90. The Morgan fingerprint density at radius 2 is 2.08 bits per heavy atom. The highest BCUT2D eigenvalue weighted by atomic mass is 79.9. The first kappa shape index (κ1) is 19.2. The molecule has 1 fully saturated rings. The SMILES string of the molecule is CO[C@H]1CC[C@@]2(Cc3ccc(Br)cc3/C2=N\[S@@](=O)C(C)(C)C)C[C@@H]1C. The van der Waals surface area contributed by atoms with Crippen LogP contribution in [-0.2, 0) is 22.1 Å². The van der Waals surface area contributed by atoms with Crippen molar-refractivity contribution in [1.82, 2.24) is 0 Å². The summed E-state index contributed by atoms with van der Waals surface area (Å²) in [6.45, 7) is 8.23. The van der Waals surface area contributed by atoms with Crippen LogP contribution in [-0.4, -0.2) is 27.9 Å². The van der Waals surface area contributed by atoms with Crippen LogP contribution in [0.2, 0.25) is 0 Å². The molecule has 0 heterocycles. The molecule has 2 aliphatic carbocycles. The fourth-order valence-corrected chi connectivity index (χ4v) is 5.39. The third-order valence-corrected chi connectivity index (χ3v) is 7.50. The van der Waals surface area contributed by atoms with Gasteiger partial charge in [0.15, 0.2) is 0 Å². The third-order valence-electron chi connectivity index (χ3n) is 5.61. The topological polar surface area (TPSA) is 38.7 Å². The highest BCUT2D eigenvalue weighted by molar-refractivity contribution is 9.10. The average Bonchev–Trinajstić information content (AvgIpc) is 2.80. The molecule has 0 aliphatic heterocycles. The van der Waals surface area contributed by atoms with Gasteiger partial charge in [0, 0.05) is 22.6 Å². The monoisotopic (exact) mass is 425 g/mol. The van der Waals surface area contributed by atoms with Crippen LogP contribution in [0.5, 0.6) is 0 Å². The van der Waals surface area contributed by atoms with Gasteiger partial charge in [-0.1, -0.05) is 28.9 Å². The molecule has 138 valence electrons. The lowest BCUT2D eigenvalue weighted by Gasteiger charge is -2.41. The van der Waals surface area contributed by atoms with Crippen LogP contribution in [0.4, 0.5) is 0 Å². The molecule has 1 saturated carbocycles. The number of ether oxygens (including phenoxy) is 1. The van der Waals surface area contributed by atoms with Gasteiger partial charge >= 0.3 is 0 Å². The van der Waals surface area contributed by atoms with E-state index in [1.165, 1.54) is 11.1 Å². The van der Waals surface area contributed by atoms with Gasteiger partial charge < -0.3 is 4.74 Å². The fourth-order valence-electron chi connectivity index (χ4n) is 4.30. The Morgan fingerprint density at radius 1 is 1.36 bits per heavy atom. The molecule has 2 aliphatic rings. The van der Waals surface area contributed by atoms with Crippen molar-refractivity contribution in [3.05, 3.63) is 33.8 Å².